The normalized spacial score (nSPS) is 28.9. The highest BCUT2D eigenvalue weighted by Crippen LogP contribution is 2.46. The molecule has 1 fully saturated rings. The van der Waals surface area contributed by atoms with Gasteiger partial charge < -0.3 is 10.6 Å². The molecule has 0 saturated heterocycles. The molecule has 4 heteroatoms. The minimum absolute atomic E-state index is 0.0251. The first-order valence-corrected chi connectivity index (χ1v) is 6.67. The monoisotopic (exact) mass is 258 g/mol. The van der Waals surface area contributed by atoms with Gasteiger partial charge in [0.25, 0.3) is 0 Å². The second-order valence-corrected chi connectivity index (χ2v) is 6.32. The smallest absolute Gasteiger partial charge is 0.128 e. The summed E-state index contributed by atoms with van der Waals surface area (Å²) in [5, 5.41) is 8.81. The van der Waals surface area contributed by atoms with Crippen molar-refractivity contribution in [2.45, 2.75) is 45.2 Å². The lowest BCUT2D eigenvalue weighted by molar-refractivity contribution is 0.203. The number of hydrogen-bond donors (Lipinski definition) is 1. The molecular weight excluding hydrogens is 236 g/mol. The van der Waals surface area contributed by atoms with Gasteiger partial charge in [0.1, 0.15) is 11.9 Å². The summed E-state index contributed by atoms with van der Waals surface area (Å²) in [7, 11) is 2.06. The topological polar surface area (TPSA) is 65.9 Å². The molecule has 2 N–H and O–H groups in total. The van der Waals surface area contributed by atoms with E-state index in [1.807, 2.05) is 12.1 Å². The van der Waals surface area contributed by atoms with Gasteiger partial charge in [-0.25, -0.2) is 4.98 Å². The third-order valence-corrected chi connectivity index (χ3v) is 4.95. The van der Waals surface area contributed by atoms with E-state index in [0.29, 0.717) is 11.6 Å². The Bertz CT molecular complexity index is 496. The highest BCUT2D eigenvalue weighted by molar-refractivity contribution is 5.43. The van der Waals surface area contributed by atoms with E-state index in [1.165, 1.54) is 0 Å². The van der Waals surface area contributed by atoms with Crippen LogP contribution in [0.25, 0.3) is 0 Å². The van der Waals surface area contributed by atoms with Crippen molar-refractivity contribution in [2.75, 3.05) is 11.9 Å². The third-order valence-electron chi connectivity index (χ3n) is 4.95. The highest BCUT2D eigenvalue weighted by atomic mass is 15.2. The molecule has 1 saturated carbocycles. The lowest BCUT2D eigenvalue weighted by atomic mass is 9.74. The van der Waals surface area contributed by atoms with Gasteiger partial charge >= 0.3 is 0 Å². The van der Waals surface area contributed by atoms with Gasteiger partial charge in [0.05, 0.1) is 5.56 Å². The first-order chi connectivity index (χ1) is 8.79. The largest absolute Gasteiger partial charge is 0.356 e. The first-order valence-electron chi connectivity index (χ1n) is 6.67. The van der Waals surface area contributed by atoms with Crippen molar-refractivity contribution in [3.05, 3.63) is 23.9 Å². The van der Waals surface area contributed by atoms with Crippen LogP contribution in [-0.2, 0) is 0 Å². The van der Waals surface area contributed by atoms with Crippen molar-refractivity contribution in [2.24, 2.45) is 11.1 Å². The molecule has 1 aromatic heterocycles. The molecule has 19 heavy (non-hydrogen) atoms. The van der Waals surface area contributed by atoms with Gasteiger partial charge in [-0.1, -0.05) is 13.8 Å². The summed E-state index contributed by atoms with van der Waals surface area (Å²) >= 11 is 0. The predicted octanol–water partition coefficient (Wildman–Crippen LogP) is 2.30. The average molecular weight is 258 g/mol. The summed E-state index contributed by atoms with van der Waals surface area (Å²) in [4.78, 5) is 6.56. The third kappa shape index (κ3) is 2.19. The van der Waals surface area contributed by atoms with Crippen LogP contribution in [0.1, 0.15) is 39.2 Å². The molecule has 0 spiro atoms. The van der Waals surface area contributed by atoms with Crippen LogP contribution in [0.3, 0.4) is 0 Å². The number of hydrogen-bond acceptors (Lipinski definition) is 4. The SMILES string of the molecule is CN(c1ccc(C#N)cn1)[C@H]1CC[C@@](C)(N)C1(C)C. The Balaban J connectivity index is 2.25. The van der Waals surface area contributed by atoms with Crippen LogP contribution in [0.5, 0.6) is 0 Å². The zero-order valence-electron chi connectivity index (χ0n) is 12.1. The number of nitrogens with two attached hydrogens (primary N) is 1. The molecule has 4 nitrogen and oxygen atoms in total. The fourth-order valence-electron chi connectivity index (χ4n) is 3.00. The van der Waals surface area contributed by atoms with Gasteiger partial charge in [-0.2, -0.15) is 5.26 Å². The standard InChI is InChI=1S/C15H22N4/c1-14(2)12(7-8-15(14,3)17)19(4)13-6-5-11(9-16)10-18-13/h5-6,10,12H,7-8,17H2,1-4H3/t12-,15+/m0/s1. The van der Waals surface area contributed by atoms with E-state index in [2.05, 4.69) is 43.8 Å². The number of anilines is 1. The summed E-state index contributed by atoms with van der Waals surface area (Å²) in [5.74, 6) is 0.898. The average Bonchev–Trinajstić information content (AvgIpc) is 2.58. The summed E-state index contributed by atoms with van der Waals surface area (Å²) in [5.41, 5.74) is 6.88. The molecule has 1 aliphatic carbocycles. The van der Waals surface area contributed by atoms with Crippen LogP contribution in [0.15, 0.2) is 18.3 Å². The van der Waals surface area contributed by atoms with Crippen LogP contribution >= 0.6 is 0 Å². The molecule has 0 aliphatic heterocycles. The van der Waals surface area contributed by atoms with Crippen molar-refractivity contribution in [3.63, 3.8) is 0 Å². The maximum Gasteiger partial charge on any atom is 0.128 e. The minimum Gasteiger partial charge on any atom is -0.356 e. The Morgan fingerprint density at radius 1 is 1.42 bits per heavy atom. The Morgan fingerprint density at radius 3 is 2.53 bits per heavy atom. The molecule has 0 bridgehead atoms. The predicted molar refractivity (Wildman–Crippen MR) is 76.8 cm³/mol. The van der Waals surface area contributed by atoms with Crippen molar-refractivity contribution < 1.29 is 0 Å². The molecule has 1 aromatic rings. The quantitative estimate of drug-likeness (QED) is 0.884. The van der Waals surface area contributed by atoms with Gasteiger partial charge in [-0.05, 0) is 31.9 Å². The minimum atomic E-state index is -0.154. The zero-order chi connectivity index (χ0) is 14.3. The Kier molecular flexibility index (Phi) is 3.27. The lowest BCUT2D eigenvalue weighted by Crippen LogP contribution is -2.53. The fraction of sp³-hybridized carbons (Fsp3) is 0.600. The van der Waals surface area contributed by atoms with E-state index in [-0.39, 0.29) is 11.0 Å². The van der Waals surface area contributed by atoms with Crippen molar-refractivity contribution >= 4 is 5.82 Å². The van der Waals surface area contributed by atoms with E-state index in [1.54, 1.807) is 6.20 Å². The molecule has 0 amide bonds. The van der Waals surface area contributed by atoms with Gasteiger partial charge in [0.2, 0.25) is 0 Å². The van der Waals surface area contributed by atoms with Gasteiger partial charge in [0.15, 0.2) is 0 Å². The summed E-state index contributed by atoms with van der Waals surface area (Å²) in [6, 6.07) is 6.17. The molecule has 0 radical (unpaired) electrons. The summed E-state index contributed by atoms with van der Waals surface area (Å²) in [6.07, 6.45) is 3.71. The zero-order valence-corrected chi connectivity index (χ0v) is 12.1. The molecular formula is C15H22N4. The molecule has 2 atom stereocenters. The number of nitriles is 1. The molecule has 0 unspecified atom stereocenters. The summed E-state index contributed by atoms with van der Waals surface area (Å²) < 4.78 is 0. The Labute approximate surface area is 115 Å². The first kappa shape index (κ1) is 13.8. The van der Waals surface area contributed by atoms with E-state index in [0.717, 1.165) is 18.7 Å². The Morgan fingerprint density at radius 2 is 2.11 bits per heavy atom. The van der Waals surface area contributed by atoms with E-state index in [9.17, 15) is 0 Å². The molecule has 1 aliphatic rings. The number of aromatic nitrogens is 1. The van der Waals surface area contributed by atoms with Crippen LogP contribution in [0.4, 0.5) is 5.82 Å². The lowest BCUT2D eigenvalue weighted by Gasteiger charge is -2.42. The molecule has 1 heterocycles. The number of pyridine rings is 1. The second kappa shape index (κ2) is 4.50. The van der Waals surface area contributed by atoms with Crippen LogP contribution < -0.4 is 10.6 Å². The molecule has 0 aromatic carbocycles. The number of rotatable bonds is 2. The van der Waals surface area contributed by atoms with Gasteiger partial charge in [0, 0.05) is 30.2 Å². The highest BCUT2D eigenvalue weighted by Gasteiger charge is 2.50. The van der Waals surface area contributed by atoms with Gasteiger partial charge in [-0.15, -0.1) is 0 Å². The van der Waals surface area contributed by atoms with Crippen LogP contribution in [0.2, 0.25) is 0 Å². The van der Waals surface area contributed by atoms with Crippen LogP contribution in [0, 0.1) is 16.7 Å². The van der Waals surface area contributed by atoms with Crippen molar-refractivity contribution in [1.82, 2.24) is 4.98 Å². The van der Waals surface area contributed by atoms with Gasteiger partial charge in [-0.3, -0.25) is 0 Å². The van der Waals surface area contributed by atoms with Crippen molar-refractivity contribution in [3.8, 4) is 6.07 Å². The van der Waals surface area contributed by atoms with Crippen molar-refractivity contribution in [1.29, 1.82) is 5.26 Å². The fourth-order valence-corrected chi connectivity index (χ4v) is 3.00. The maximum atomic E-state index is 8.81. The van der Waals surface area contributed by atoms with Crippen LogP contribution in [-0.4, -0.2) is 23.6 Å². The molecule has 102 valence electrons. The molecule has 2 rings (SSSR count). The number of nitrogens with zero attached hydrogens (tertiary/aromatic N) is 3. The van der Waals surface area contributed by atoms with E-state index >= 15 is 0 Å². The van der Waals surface area contributed by atoms with E-state index in [4.69, 9.17) is 11.0 Å². The summed E-state index contributed by atoms with van der Waals surface area (Å²) in [6.45, 7) is 6.59. The Hall–Kier alpha value is -1.60. The van der Waals surface area contributed by atoms with E-state index < -0.39 is 0 Å². The maximum absolute atomic E-state index is 8.81. The second-order valence-electron chi connectivity index (χ2n) is 6.32.